The highest BCUT2D eigenvalue weighted by atomic mass is 35.5. The second-order valence-electron chi connectivity index (χ2n) is 6.86. The Kier molecular flexibility index (Phi) is 8.03. The molecule has 0 fully saturated rings. The van der Waals surface area contributed by atoms with E-state index in [0.717, 1.165) is 5.56 Å². The van der Waals surface area contributed by atoms with Gasteiger partial charge in [0.15, 0.2) is 0 Å². The number of hydrogen-bond donors (Lipinski definition) is 1. The van der Waals surface area contributed by atoms with Crippen molar-refractivity contribution < 1.29 is 14.5 Å². The largest absolute Gasteiger partial charge is 0.487 e. The normalized spacial score (nSPS) is 10.9. The summed E-state index contributed by atoms with van der Waals surface area (Å²) in [7, 11) is 0. The molecule has 3 aromatic rings. The van der Waals surface area contributed by atoms with Crippen LogP contribution >= 0.6 is 23.2 Å². The van der Waals surface area contributed by atoms with E-state index in [2.05, 4.69) is 5.32 Å². The Balaban J connectivity index is 1.80. The Morgan fingerprint density at radius 2 is 1.79 bits per heavy atom. The average Bonchev–Trinajstić information content (AvgIpc) is 2.81. The summed E-state index contributed by atoms with van der Waals surface area (Å²) in [5.74, 6) is -0.332. The molecule has 0 aliphatic heterocycles. The fraction of sp³-hybridized carbons (Fsp3) is 0.0833. The zero-order valence-electron chi connectivity index (χ0n) is 17.1. The fourth-order valence-electron chi connectivity index (χ4n) is 2.89. The maximum absolute atomic E-state index is 12.5. The van der Waals surface area contributed by atoms with Crippen LogP contribution in [0.4, 0.5) is 5.69 Å². The summed E-state index contributed by atoms with van der Waals surface area (Å²) in [6, 6.07) is 20.1. The lowest BCUT2D eigenvalue weighted by Crippen LogP contribution is -2.23. The summed E-state index contributed by atoms with van der Waals surface area (Å²) in [5.41, 5.74) is 1.72. The first-order valence-electron chi connectivity index (χ1n) is 9.66. The topological polar surface area (TPSA) is 105 Å². The van der Waals surface area contributed by atoms with Crippen LogP contribution in [0.5, 0.6) is 5.75 Å². The van der Waals surface area contributed by atoms with E-state index in [1.807, 2.05) is 36.4 Å². The molecule has 0 atom stereocenters. The lowest BCUT2D eigenvalue weighted by atomic mass is 10.1. The highest BCUT2D eigenvalue weighted by Crippen LogP contribution is 2.34. The van der Waals surface area contributed by atoms with Crippen molar-refractivity contribution in [1.82, 2.24) is 5.32 Å². The minimum atomic E-state index is -0.557. The molecule has 0 heterocycles. The van der Waals surface area contributed by atoms with Crippen LogP contribution < -0.4 is 10.1 Å². The molecule has 1 amide bonds. The number of rotatable bonds is 8. The zero-order chi connectivity index (χ0) is 23.8. The molecule has 0 saturated heterocycles. The van der Waals surface area contributed by atoms with Crippen molar-refractivity contribution in [3.8, 4) is 11.8 Å². The quantitative estimate of drug-likeness (QED) is 0.192. The van der Waals surface area contributed by atoms with Crippen molar-refractivity contribution in [3.05, 3.63) is 109 Å². The van der Waals surface area contributed by atoms with Gasteiger partial charge in [0.25, 0.3) is 11.6 Å². The van der Waals surface area contributed by atoms with Crippen LogP contribution in [0.2, 0.25) is 10.0 Å². The van der Waals surface area contributed by atoms with Gasteiger partial charge in [-0.2, -0.15) is 5.26 Å². The molecular weight excluding hydrogens is 465 g/mol. The Labute approximate surface area is 200 Å². The third-order valence-corrected chi connectivity index (χ3v) is 5.03. The van der Waals surface area contributed by atoms with Gasteiger partial charge < -0.3 is 10.1 Å². The first-order valence-corrected chi connectivity index (χ1v) is 10.4. The molecule has 3 rings (SSSR count). The minimum Gasteiger partial charge on any atom is -0.487 e. The standard InChI is InChI=1S/C24H17Cl2N3O4/c25-20-11-18(10-19(13-27)24(30)28-14-16-4-2-1-3-5-16)23(22(26)12-20)33-15-17-6-8-21(9-7-17)29(31)32/h1-12H,14-15H2,(H,28,30)/b19-10+. The Morgan fingerprint density at radius 1 is 1.09 bits per heavy atom. The number of nitrogens with zero attached hydrogens (tertiary/aromatic N) is 2. The molecule has 9 heteroatoms. The lowest BCUT2D eigenvalue weighted by molar-refractivity contribution is -0.384. The van der Waals surface area contributed by atoms with Crippen molar-refractivity contribution in [2.75, 3.05) is 0 Å². The van der Waals surface area contributed by atoms with Crippen LogP contribution in [0.15, 0.2) is 72.3 Å². The van der Waals surface area contributed by atoms with E-state index in [-0.39, 0.29) is 35.2 Å². The molecule has 0 aliphatic carbocycles. The second kappa shape index (κ2) is 11.1. The zero-order valence-corrected chi connectivity index (χ0v) is 18.6. The van der Waals surface area contributed by atoms with Gasteiger partial charge in [0.1, 0.15) is 24.0 Å². The monoisotopic (exact) mass is 481 g/mol. The summed E-state index contributed by atoms with van der Waals surface area (Å²) in [6.45, 7) is 0.320. The Bertz CT molecular complexity index is 1240. The van der Waals surface area contributed by atoms with Crippen molar-refractivity contribution >= 4 is 40.9 Å². The van der Waals surface area contributed by atoms with Crippen molar-refractivity contribution in [1.29, 1.82) is 5.26 Å². The maximum atomic E-state index is 12.5. The maximum Gasteiger partial charge on any atom is 0.269 e. The molecule has 3 aromatic carbocycles. The number of nitriles is 1. The number of benzene rings is 3. The van der Waals surface area contributed by atoms with Crippen molar-refractivity contribution in [2.24, 2.45) is 0 Å². The molecule has 0 radical (unpaired) electrons. The van der Waals surface area contributed by atoms with Crippen LogP contribution in [-0.4, -0.2) is 10.8 Å². The molecule has 166 valence electrons. The molecule has 0 aliphatic rings. The van der Waals surface area contributed by atoms with Crippen LogP contribution in [0, 0.1) is 21.4 Å². The second-order valence-corrected chi connectivity index (χ2v) is 7.70. The molecule has 0 saturated carbocycles. The van der Waals surface area contributed by atoms with Gasteiger partial charge in [-0.25, -0.2) is 0 Å². The number of halogens is 2. The summed E-state index contributed by atoms with van der Waals surface area (Å²) in [6.07, 6.45) is 1.35. The number of nitrogens with one attached hydrogen (secondary N) is 1. The van der Waals surface area contributed by atoms with Crippen LogP contribution in [-0.2, 0) is 17.9 Å². The lowest BCUT2D eigenvalue weighted by Gasteiger charge is -2.13. The Morgan fingerprint density at radius 3 is 2.42 bits per heavy atom. The first-order chi connectivity index (χ1) is 15.9. The highest BCUT2D eigenvalue weighted by Gasteiger charge is 2.15. The Hall–Kier alpha value is -3.86. The summed E-state index contributed by atoms with van der Waals surface area (Å²) < 4.78 is 5.82. The van der Waals surface area contributed by atoms with Gasteiger partial charge in [-0.3, -0.25) is 14.9 Å². The smallest absolute Gasteiger partial charge is 0.269 e. The molecule has 0 bridgehead atoms. The predicted octanol–water partition coefficient (Wildman–Crippen LogP) is 5.70. The number of hydrogen-bond acceptors (Lipinski definition) is 5. The number of carbonyl (C=O) groups is 1. The van der Waals surface area contributed by atoms with Gasteiger partial charge in [-0.05, 0) is 41.5 Å². The number of nitro benzene ring substituents is 1. The SMILES string of the molecule is N#C/C(=C\c1cc(Cl)cc(Cl)c1OCc1ccc([N+](=O)[O-])cc1)C(=O)NCc1ccccc1. The van der Waals surface area contributed by atoms with Gasteiger partial charge in [0, 0.05) is 29.3 Å². The fourth-order valence-corrected chi connectivity index (χ4v) is 3.45. The van der Waals surface area contributed by atoms with E-state index >= 15 is 0 Å². The molecule has 0 aromatic heterocycles. The van der Waals surface area contributed by atoms with Crippen LogP contribution in [0.3, 0.4) is 0 Å². The number of carbonyl (C=O) groups excluding carboxylic acids is 1. The minimum absolute atomic E-state index is 0.0351. The van der Waals surface area contributed by atoms with E-state index in [9.17, 15) is 20.2 Å². The summed E-state index contributed by atoms with van der Waals surface area (Å²) in [5, 5.41) is 23.5. The van der Waals surface area contributed by atoms with E-state index in [0.29, 0.717) is 16.1 Å². The van der Waals surface area contributed by atoms with Crippen molar-refractivity contribution in [3.63, 3.8) is 0 Å². The van der Waals surface area contributed by atoms with E-state index in [4.69, 9.17) is 27.9 Å². The van der Waals surface area contributed by atoms with E-state index in [1.54, 1.807) is 12.1 Å². The first kappa shape index (κ1) is 23.8. The molecule has 0 unspecified atom stereocenters. The predicted molar refractivity (Wildman–Crippen MR) is 126 cm³/mol. The number of ether oxygens (including phenoxy) is 1. The molecule has 7 nitrogen and oxygen atoms in total. The van der Waals surface area contributed by atoms with Gasteiger partial charge >= 0.3 is 0 Å². The van der Waals surface area contributed by atoms with Crippen molar-refractivity contribution in [2.45, 2.75) is 13.2 Å². The van der Waals surface area contributed by atoms with E-state index in [1.165, 1.54) is 30.3 Å². The number of amides is 1. The van der Waals surface area contributed by atoms with Gasteiger partial charge in [0.2, 0.25) is 0 Å². The molecule has 0 spiro atoms. The molecular formula is C24H17Cl2N3O4. The van der Waals surface area contributed by atoms with Gasteiger partial charge in [-0.15, -0.1) is 0 Å². The number of non-ortho nitro benzene ring substituents is 1. The molecule has 1 N–H and O–H groups in total. The number of nitro groups is 1. The van der Waals surface area contributed by atoms with E-state index < -0.39 is 10.8 Å². The van der Waals surface area contributed by atoms with Gasteiger partial charge in [-0.1, -0.05) is 53.5 Å². The molecule has 33 heavy (non-hydrogen) atoms. The summed E-state index contributed by atoms with van der Waals surface area (Å²) in [4.78, 5) is 22.9. The summed E-state index contributed by atoms with van der Waals surface area (Å²) >= 11 is 12.4. The highest BCUT2D eigenvalue weighted by molar-refractivity contribution is 6.36. The van der Waals surface area contributed by atoms with Crippen LogP contribution in [0.25, 0.3) is 6.08 Å². The third-order valence-electron chi connectivity index (χ3n) is 4.53. The van der Waals surface area contributed by atoms with Gasteiger partial charge in [0.05, 0.1) is 9.95 Å². The van der Waals surface area contributed by atoms with Crippen LogP contribution in [0.1, 0.15) is 16.7 Å². The average molecular weight is 482 g/mol. The third kappa shape index (κ3) is 6.56.